The van der Waals surface area contributed by atoms with E-state index in [1.54, 1.807) is 24.3 Å². The Bertz CT molecular complexity index is 743. The average Bonchev–Trinajstić information content (AvgIpc) is 3.16. The Morgan fingerprint density at radius 3 is 2.56 bits per heavy atom. The van der Waals surface area contributed by atoms with Crippen LogP contribution in [0.1, 0.15) is 51.7 Å². The third-order valence-corrected chi connectivity index (χ3v) is 4.87. The number of methoxy groups -OCH3 is 1. The number of carbonyl (C=O) groups excluding carboxylic acids is 2. The lowest BCUT2D eigenvalue weighted by Gasteiger charge is -2.22. The molecule has 146 valence electrons. The van der Waals surface area contributed by atoms with Crippen molar-refractivity contribution in [2.45, 2.75) is 33.2 Å². The molecule has 0 saturated heterocycles. The number of nitrogens with zero attached hydrogens (tertiary/aromatic N) is 2. The molecule has 1 amide bonds. The summed E-state index contributed by atoms with van der Waals surface area (Å²) in [5.74, 6) is -0.492. The Morgan fingerprint density at radius 1 is 1.19 bits per heavy atom. The van der Waals surface area contributed by atoms with Gasteiger partial charge in [0.15, 0.2) is 5.69 Å². The molecule has 2 rings (SSSR count). The quantitative estimate of drug-likeness (QED) is 0.458. The van der Waals surface area contributed by atoms with Crippen LogP contribution < -0.4 is 0 Å². The molecule has 2 aromatic rings. The number of aryl methyl sites for hydroxylation is 1. The van der Waals surface area contributed by atoms with Gasteiger partial charge in [-0.15, -0.1) is 11.3 Å². The maximum Gasteiger partial charge on any atom is 0.357 e. The van der Waals surface area contributed by atoms with Gasteiger partial charge in [-0.25, -0.2) is 9.78 Å². The van der Waals surface area contributed by atoms with E-state index >= 15 is 0 Å². The molecule has 0 bridgehead atoms. The number of benzene rings is 1. The third-order valence-electron chi connectivity index (χ3n) is 4.04. The number of hydrogen-bond donors (Lipinski definition) is 0. The SMILES string of the molecule is CCOC(=O)c1csc(CN(CCCOC)C(=O)c2ccc(CC)cc2)n1. The normalized spacial score (nSPS) is 10.6. The van der Waals surface area contributed by atoms with Gasteiger partial charge in [0.2, 0.25) is 0 Å². The molecular formula is C20H26N2O4S. The van der Waals surface area contributed by atoms with Crippen molar-refractivity contribution in [1.29, 1.82) is 0 Å². The first-order valence-electron chi connectivity index (χ1n) is 9.07. The zero-order valence-corrected chi connectivity index (χ0v) is 16.9. The van der Waals surface area contributed by atoms with Crippen LogP contribution in [0.5, 0.6) is 0 Å². The molecule has 0 N–H and O–H groups in total. The molecule has 6 nitrogen and oxygen atoms in total. The molecule has 0 fully saturated rings. The standard InChI is InChI=1S/C20H26N2O4S/c1-4-15-7-9-16(10-8-15)19(23)22(11-6-12-25-3)13-18-21-17(14-27-18)20(24)26-5-2/h7-10,14H,4-6,11-13H2,1-3H3. The highest BCUT2D eigenvalue weighted by atomic mass is 32.1. The van der Waals surface area contributed by atoms with Crippen LogP contribution in [0.25, 0.3) is 0 Å². The van der Waals surface area contributed by atoms with Gasteiger partial charge in [-0.2, -0.15) is 0 Å². The van der Waals surface area contributed by atoms with Crippen LogP contribution in [0.4, 0.5) is 0 Å². The molecule has 1 heterocycles. The van der Waals surface area contributed by atoms with E-state index in [4.69, 9.17) is 9.47 Å². The van der Waals surface area contributed by atoms with E-state index in [9.17, 15) is 9.59 Å². The average molecular weight is 391 g/mol. The van der Waals surface area contributed by atoms with Crippen molar-refractivity contribution >= 4 is 23.2 Å². The molecule has 7 heteroatoms. The van der Waals surface area contributed by atoms with E-state index in [1.165, 1.54) is 16.9 Å². The second-order valence-corrected chi connectivity index (χ2v) is 6.91. The molecule has 1 aromatic carbocycles. The summed E-state index contributed by atoms with van der Waals surface area (Å²) in [6.45, 7) is 5.62. The lowest BCUT2D eigenvalue weighted by Crippen LogP contribution is -2.32. The molecule has 0 spiro atoms. The van der Waals surface area contributed by atoms with Crippen LogP contribution >= 0.6 is 11.3 Å². The molecule has 0 aliphatic heterocycles. The van der Waals surface area contributed by atoms with Crippen LogP contribution in [-0.2, 0) is 22.4 Å². The van der Waals surface area contributed by atoms with E-state index in [0.29, 0.717) is 36.9 Å². The first kappa shape index (κ1) is 21.1. The zero-order chi connectivity index (χ0) is 19.6. The number of amides is 1. The minimum absolute atomic E-state index is 0.0540. The topological polar surface area (TPSA) is 68.7 Å². The van der Waals surface area contributed by atoms with Crippen LogP contribution in [0.2, 0.25) is 0 Å². The van der Waals surface area contributed by atoms with E-state index in [1.807, 2.05) is 24.3 Å². The summed E-state index contributed by atoms with van der Waals surface area (Å²) in [5.41, 5.74) is 2.12. The maximum absolute atomic E-state index is 13.0. The van der Waals surface area contributed by atoms with E-state index in [2.05, 4.69) is 11.9 Å². The van der Waals surface area contributed by atoms with Crippen LogP contribution in [0.15, 0.2) is 29.6 Å². The summed E-state index contributed by atoms with van der Waals surface area (Å²) in [6.07, 6.45) is 1.66. The number of hydrogen-bond acceptors (Lipinski definition) is 6. The Morgan fingerprint density at radius 2 is 1.93 bits per heavy atom. The molecule has 1 aromatic heterocycles. The van der Waals surface area contributed by atoms with Gasteiger partial charge in [-0.1, -0.05) is 19.1 Å². The summed E-state index contributed by atoms with van der Waals surface area (Å²) in [5, 5.41) is 2.37. The Balaban J connectivity index is 2.13. The van der Waals surface area contributed by atoms with Crippen molar-refractivity contribution in [2.24, 2.45) is 0 Å². The number of carbonyl (C=O) groups is 2. The molecule has 0 saturated carbocycles. The highest BCUT2D eigenvalue weighted by molar-refractivity contribution is 7.09. The summed E-state index contributed by atoms with van der Waals surface area (Å²) < 4.78 is 10.1. The van der Waals surface area contributed by atoms with Crippen molar-refractivity contribution in [3.05, 3.63) is 51.5 Å². The van der Waals surface area contributed by atoms with Crippen molar-refractivity contribution in [3.8, 4) is 0 Å². The fourth-order valence-corrected chi connectivity index (χ4v) is 3.34. The van der Waals surface area contributed by atoms with Crippen molar-refractivity contribution in [3.63, 3.8) is 0 Å². The number of ether oxygens (including phenoxy) is 2. The maximum atomic E-state index is 13.0. The Hall–Kier alpha value is -2.25. The number of esters is 1. The van der Waals surface area contributed by atoms with E-state index < -0.39 is 5.97 Å². The van der Waals surface area contributed by atoms with Crippen molar-refractivity contribution in [2.75, 3.05) is 26.9 Å². The number of rotatable bonds is 10. The summed E-state index contributed by atoms with van der Waals surface area (Å²) in [7, 11) is 1.64. The van der Waals surface area contributed by atoms with Gasteiger partial charge in [0, 0.05) is 31.2 Å². The van der Waals surface area contributed by atoms with Gasteiger partial charge in [0.1, 0.15) is 5.01 Å². The highest BCUT2D eigenvalue weighted by Crippen LogP contribution is 2.16. The molecular weight excluding hydrogens is 364 g/mol. The summed E-state index contributed by atoms with van der Waals surface area (Å²) >= 11 is 1.35. The van der Waals surface area contributed by atoms with Gasteiger partial charge in [-0.05, 0) is 37.5 Å². The smallest absolute Gasteiger partial charge is 0.357 e. The Labute approximate surface area is 164 Å². The summed E-state index contributed by atoms with van der Waals surface area (Å²) in [6, 6.07) is 7.67. The fraction of sp³-hybridized carbons (Fsp3) is 0.450. The molecule has 0 aliphatic rings. The monoisotopic (exact) mass is 390 g/mol. The second-order valence-electron chi connectivity index (χ2n) is 5.97. The minimum Gasteiger partial charge on any atom is -0.461 e. The first-order valence-corrected chi connectivity index (χ1v) is 9.95. The van der Waals surface area contributed by atoms with Crippen molar-refractivity contribution < 1.29 is 19.1 Å². The predicted octanol–water partition coefficient (Wildman–Crippen LogP) is 3.56. The summed E-state index contributed by atoms with van der Waals surface area (Å²) in [4.78, 5) is 30.8. The zero-order valence-electron chi connectivity index (χ0n) is 16.1. The van der Waals surface area contributed by atoms with Gasteiger partial charge in [0.25, 0.3) is 5.91 Å². The first-order chi connectivity index (χ1) is 13.1. The van der Waals surface area contributed by atoms with Gasteiger partial charge in [0.05, 0.1) is 13.2 Å². The van der Waals surface area contributed by atoms with Gasteiger partial charge < -0.3 is 14.4 Å². The Kier molecular flexibility index (Phi) is 8.42. The minimum atomic E-state index is -0.438. The van der Waals surface area contributed by atoms with E-state index in [-0.39, 0.29) is 11.6 Å². The van der Waals surface area contributed by atoms with Crippen LogP contribution in [0.3, 0.4) is 0 Å². The fourth-order valence-electron chi connectivity index (χ4n) is 2.56. The van der Waals surface area contributed by atoms with E-state index in [0.717, 1.165) is 12.8 Å². The van der Waals surface area contributed by atoms with Crippen LogP contribution in [0, 0.1) is 0 Å². The molecule has 0 atom stereocenters. The largest absolute Gasteiger partial charge is 0.461 e. The highest BCUT2D eigenvalue weighted by Gasteiger charge is 2.19. The van der Waals surface area contributed by atoms with Crippen molar-refractivity contribution in [1.82, 2.24) is 9.88 Å². The second kappa shape index (κ2) is 10.8. The van der Waals surface area contributed by atoms with Gasteiger partial charge in [-0.3, -0.25) is 4.79 Å². The molecule has 0 radical (unpaired) electrons. The third kappa shape index (κ3) is 6.15. The molecule has 0 unspecified atom stereocenters. The van der Waals surface area contributed by atoms with Crippen LogP contribution in [-0.4, -0.2) is 48.6 Å². The number of thiazole rings is 1. The lowest BCUT2D eigenvalue weighted by atomic mass is 10.1. The lowest BCUT2D eigenvalue weighted by molar-refractivity contribution is 0.0520. The molecule has 0 aliphatic carbocycles. The number of aromatic nitrogens is 1. The van der Waals surface area contributed by atoms with Gasteiger partial charge >= 0.3 is 5.97 Å². The predicted molar refractivity (Wildman–Crippen MR) is 105 cm³/mol. The molecule has 27 heavy (non-hydrogen) atoms.